The molecule has 0 aliphatic carbocycles. The Labute approximate surface area is 71.3 Å². The Bertz CT molecular complexity index is 126. The molecule has 0 aromatic rings. The molecule has 2 N–H and O–H groups in total. The van der Waals surface area contributed by atoms with Crippen molar-refractivity contribution in [3.05, 3.63) is 12.7 Å². The van der Waals surface area contributed by atoms with Crippen molar-refractivity contribution in [2.24, 2.45) is 0 Å². The van der Waals surface area contributed by atoms with Crippen molar-refractivity contribution in [2.45, 2.75) is 6.92 Å². The first kappa shape index (κ1) is 16.9. The fourth-order valence-electron chi connectivity index (χ4n) is 0. The molecule has 0 aromatic heterocycles. The van der Waals surface area contributed by atoms with Crippen LogP contribution in [0.3, 0.4) is 0 Å². The molecule has 0 aliphatic heterocycles. The molecule has 0 bridgehead atoms. The summed E-state index contributed by atoms with van der Waals surface area (Å²) in [5.41, 5.74) is 0. The third-order valence-electron chi connectivity index (χ3n) is 0.175. The van der Waals surface area contributed by atoms with Gasteiger partial charge in [0.25, 0.3) is 5.97 Å². The molecule has 0 aliphatic rings. The Hall–Kier alpha value is -1.36. The summed E-state index contributed by atoms with van der Waals surface area (Å²) in [4.78, 5) is 18.2. The summed E-state index contributed by atoms with van der Waals surface area (Å²) in [6.45, 7) is 4.04. The van der Waals surface area contributed by atoms with Crippen LogP contribution in [0.1, 0.15) is 6.92 Å². The fraction of sp³-hybridized carbons (Fsp3) is 0.429. The van der Waals surface area contributed by atoms with E-state index in [4.69, 9.17) is 15.0 Å². The maximum absolute atomic E-state index is 9.25. The summed E-state index contributed by atoms with van der Waals surface area (Å²) in [5, 5.41) is 15.0. The topological polar surface area (TPSA) is 83.8 Å². The van der Waals surface area contributed by atoms with Crippen LogP contribution in [0.25, 0.3) is 0 Å². The van der Waals surface area contributed by atoms with Gasteiger partial charge in [-0.3, -0.25) is 4.79 Å². The van der Waals surface area contributed by atoms with Gasteiger partial charge in [-0.25, -0.2) is 4.79 Å². The molecule has 0 heterocycles. The molecule has 0 fully saturated rings. The van der Waals surface area contributed by atoms with Gasteiger partial charge < -0.3 is 14.9 Å². The van der Waals surface area contributed by atoms with E-state index in [2.05, 4.69) is 11.3 Å². The number of hydrogen-bond acceptors (Lipinski definition) is 3. The molecule has 0 saturated carbocycles. The Morgan fingerprint density at radius 2 is 1.42 bits per heavy atom. The van der Waals surface area contributed by atoms with Gasteiger partial charge in [-0.1, -0.05) is 6.58 Å². The SMILES string of the molecule is C=CC(=O)O.CC(=O)O.COC. The maximum atomic E-state index is 9.25. The maximum Gasteiger partial charge on any atom is 0.327 e. The highest BCUT2D eigenvalue weighted by molar-refractivity contribution is 5.78. The number of carbonyl (C=O) groups is 2. The second kappa shape index (κ2) is 16.3. The quantitative estimate of drug-likeness (QED) is 0.575. The first-order valence-corrected chi connectivity index (χ1v) is 2.87. The molecule has 72 valence electrons. The summed E-state index contributed by atoms with van der Waals surface area (Å²) in [5.74, 6) is -1.81. The summed E-state index contributed by atoms with van der Waals surface area (Å²) < 4.78 is 4.25. The molecule has 0 radical (unpaired) electrons. The lowest BCUT2D eigenvalue weighted by Gasteiger charge is -1.64. The Morgan fingerprint density at radius 3 is 1.42 bits per heavy atom. The van der Waals surface area contributed by atoms with Gasteiger partial charge in [0.05, 0.1) is 0 Å². The second-order valence-electron chi connectivity index (χ2n) is 1.47. The molecule has 0 atom stereocenters. The van der Waals surface area contributed by atoms with E-state index in [9.17, 15) is 4.79 Å². The lowest BCUT2D eigenvalue weighted by molar-refractivity contribution is -0.134. The van der Waals surface area contributed by atoms with Gasteiger partial charge in [0, 0.05) is 27.2 Å². The van der Waals surface area contributed by atoms with Crippen molar-refractivity contribution in [1.82, 2.24) is 0 Å². The minimum Gasteiger partial charge on any atom is -0.481 e. The fourth-order valence-corrected chi connectivity index (χ4v) is 0. The number of carboxylic acid groups (broad SMARTS) is 2. The lowest BCUT2D eigenvalue weighted by atomic mass is 10.7. The minimum atomic E-state index is -0.981. The zero-order chi connectivity index (χ0) is 10.6. The summed E-state index contributed by atoms with van der Waals surface area (Å²) >= 11 is 0. The molecule has 5 nitrogen and oxygen atoms in total. The molecule has 0 saturated heterocycles. The molecule has 0 unspecified atom stereocenters. The summed E-state index contributed by atoms with van der Waals surface area (Å²) in [6.07, 6.45) is 0.833. The van der Waals surface area contributed by atoms with Crippen LogP contribution in [0.5, 0.6) is 0 Å². The highest BCUT2D eigenvalue weighted by Gasteiger charge is 1.73. The molecule has 0 amide bonds. The first-order valence-electron chi connectivity index (χ1n) is 2.87. The molecule has 0 spiro atoms. The van der Waals surface area contributed by atoms with Crippen LogP contribution >= 0.6 is 0 Å². The van der Waals surface area contributed by atoms with Crippen LogP contribution in [-0.2, 0) is 14.3 Å². The van der Waals surface area contributed by atoms with Gasteiger partial charge in [0.1, 0.15) is 0 Å². The zero-order valence-corrected chi connectivity index (χ0v) is 7.40. The van der Waals surface area contributed by atoms with E-state index in [-0.39, 0.29) is 0 Å². The van der Waals surface area contributed by atoms with E-state index in [1.807, 2.05) is 0 Å². The van der Waals surface area contributed by atoms with Crippen molar-refractivity contribution in [1.29, 1.82) is 0 Å². The molecular formula is C7H14O5. The standard InChI is InChI=1S/C3H4O2.C2H4O2.C2H6O/c1-2-3(4)5;1-2(3)4;1-3-2/h2H,1H2,(H,4,5);1H3,(H,3,4);1-2H3. The average Bonchev–Trinajstić information content (AvgIpc) is 1.88. The Balaban J connectivity index is -0.000000105. The van der Waals surface area contributed by atoms with E-state index in [0.29, 0.717) is 0 Å². The number of rotatable bonds is 1. The summed E-state index contributed by atoms with van der Waals surface area (Å²) in [7, 11) is 3.25. The van der Waals surface area contributed by atoms with Crippen molar-refractivity contribution in [2.75, 3.05) is 14.2 Å². The van der Waals surface area contributed by atoms with Crippen molar-refractivity contribution in [3.8, 4) is 0 Å². The predicted octanol–water partition coefficient (Wildman–Crippen LogP) is 0.611. The average molecular weight is 178 g/mol. The molecule has 0 rings (SSSR count). The summed E-state index contributed by atoms with van der Waals surface area (Å²) in [6, 6.07) is 0. The van der Waals surface area contributed by atoms with Crippen LogP contribution in [0.15, 0.2) is 12.7 Å². The number of carboxylic acids is 2. The predicted molar refractivity (Wildman–Crippen MR) is 44.1 cm³/mol. The minimum absolute atomic E-state index is 0.833. The van der Waals surface area contributed by atoms with Gasteiger partial charge >= 0.3 is 5.97 Å². The van der Waals surface area contributed by atoms with Crippen LogP contribution < -0.4 is 0 Å². The second-order valence-corrected chi connectivity index (χ2v) is 1.47. The van der Waals surface area contributed by atoms with Crippen LogP contribution in [-0.4, -0.2) is 36.4 Å². The third-order valence-corrected chi connectivity index (χ3v) is 0.175. The van der Waals surface area contributed by atoms with Crippen LogP contribution in [0.4, 0.5) is 0 Å². The van der Waals surface area contributed by atoms with E-state index in [0.717, 1.165) is 13.0 Å². The van der Waals surface area contributed by atoms with E-state index in [1.54, 1.807) is 14.2 Å². The number of ether oxygens (including phenoxy) is 1. The lowest BCUT2D eigenvalue weighted by Crippen LogP contribution is -1.82. The Kier molecular flexibility index (Phi) is 23.0. The van der Waals surface area contributed by atoms with Crippen molar-refractivity contribution >= 4 is 11.9 Å². The van der Waals surface area contributed by atoms with E-state index < -0.39 is 11.9 Å². The third kappa shape index (κ3) is 1230. The van der Waals surface area contributed by atoms with Crippen LogP contribution in [0.2, 0.25) is 0 Å². The monoisotopic (exact) mass is 178 g/mol. The molecule has 12 heavy (non-hydrogen) atoms. The van der Waals surface area contributed by atoms with Crippen LogP contribution in [0, 0.1) is 0 Å². The molecule has 5 heteroatoms. The van der Waals surface area contributed by atoms with Gasteiger partial charge in [0.2, 0.25) is 0 Å². The van der Waals surface area contributed by atoms with Gasteiger partial charge in [-0.2, -0.15) is 0 Å². The number of methoxy groups -OCH3 is 1. The normalized spacial score (nSPS) is 6.25. The molecule has 0 aromatic carbocycles. The Morgan fingerprint density at radius 1 is 1.33 bits per heavy atom. The van der Waals surface area contributed by atoms with E-state index >= 15 is 0 Å². The largest absolute Gasteiger partial charge is 0.481 e. The van der Waals surface area contributed by atoms with E-state index in [1.165, 1.54) is 0 Å². The molecular weight excluding hydrogens is 164 g/mol. The van der Waals surface area contributed by atoms with Gasteiger partial charge in [-0.15, -0.1) is 0 Å². The number of aliphatic carboxylic acids is 2. The van der Waals surface area contributed by atoms with Gasteiger partial charge in [-0.05, 0) is 0 Å². The van der Waals surface area contributed by atoms with Crippen molar-refractivity contribution in [3.63, 3.8) is 0 Å². The van der Waals surface area contributed by atoms with Crippen molar-refractivity contribution < 1.29 is 24.5 Å². The zero-order valence-electron chi connectivity index (χ0n) is 7.40. The number of hydrogen-bond donors (Lipinski definition) is 2. The highest BCUT2D eigenvalue weighted by Crippen LogP contribution is 1.54. The highest BCUT2D eigenvalue weighted by atomic mass is 16.4. The smallest absolute Gasteiger partial charge is 0.327 e. The first-order chi connectivity index (χ1) is 5.42. The van der Waals surface area contributed by atoms with Gasteiger partial charge in [0.15, 0.2) is 0 Å².